The first-order valence-electron chi connectivity index (χ1n) is 7.31. The number of hydrogen-bond acceptors (Lipinski definition) is 4. The van der Waals surface area contributed by atoms with Crippen LogP contribution in [-0.2, 0) is 14.8 Å². The third-order valence-corrected chi connectivity index (χ3v) is 5.72. The van der Waals surface area contributed by atoms with Gasteiger partial charge in [-0.15, -0.1) is 0 Å². The minimum Gasteiger partial charge on any atom is -0.480 e. The average Bonchev–Trinajstić information content (AvgIpc) is 2.54. The summed E-state index contributed by atoms with van der Waals surface area (Å²) in [5.41, 5.74) is 0.182. The third kappa shape index (κ3) is 3.53. The van der Waals surface area contributed by atoms with Crippen molar-refractivity contribution in [3.8, 4) is 0 Å². The Hall–Kier alpha value is -1.93. The van der Waals surface area contributed by atoms with Crippen molar-refractivity contribution in [2.24, 2.45) is 0 Å². The van der Waals surface area contributed by atoms with Gasteiger partial charge in [0, 0.05) is 26.2 Å². The van der Waals surface area contributed by atoms with Crippen molar-refractivity contribution in [2.75, 3.05) is 20.6 Å². The number of hydrogen-bond donors (Lipinski definition) is 1. The van der Waals surface area contributed by atoms with E-state index in [4.69, 9.17) is 0 Å². The molecule has 0 saturated carbocycles. The number of carboxylic acid groups (broad SMARTS) is 1. The first-order valence-corrected chi connectivity index (χ1v) is 8.75. The maximum Gasteiger partial charge on any atom is 0.326 e. The molecule has 1 heterocycles. The van der Waals surface area contributed by atoms with E-state index in [0.717, 1.165) is 17.1 Å². The number of sulfonamides is 1. The van der Waals surface area contributed by atoms with E-state index in [1.165, 1.54) is 43.3 Å². The van der Waals surface area contributed by atoms with Gasteiger partial charge in [-0.05, 0) is 37.5 Å². The van der Waals surface area contributed by atoms with Crippen LogP contribution in [0.1, 0.15) is 29.6 Å². The van der Waals surface area contributed by atoms with Crippen molar-refractivity contribution in [3.63, 3.8) is 0 Å². The summed E-state index contributed by atoms with van der Waals surface area (Å²) in [5.74, 6) is -1.48. The number of likely N-dealkylation sites (tertiary alicyclic amines) is 1. The summed E-state index contributed by atoms with van der Waals surface area (Å²) >= 11 is 0. The Morgan fingerprint density at radius 2 is 1.96 bits per heavy atom. The molecule has 1 atom stereocenters. The number of aliphatic carboxylic acids is 1. The lowest BCUT2D eigenvalue weighted by Gasteiger charge is -2.33. The summed E-state index contributed by atoms with van der Waals surface area (Å²) in [6, 6.07) is 4.85. The van der Waals surface area contributed by atoms with Gasteiger partial charge in [-0.2, -0.15) is 0 Å². The molecule has 1 aromatic rings. The summed E-state index contributed by atoms with van der Waals surface area (Å²) < 4.78 is 25.4. The zero-order chi connectivity index (χ0) is 17.2. The molecule has 23 heavy (non-hydrogen) atoms. The van der Waals surface area contributed by atoms with Gasteiger partial charge in [0.2, 0.25) is 10.0 Å². The summed E-state index contributed by atoms with van der Waals surface area (Å²) in [6.45, 7) is 0.362. The Bertz CT molecular complexity index is 714. The van der Waals surface area contributed by atoms with Crippen LogP contribution in [-0.4, -0.2) is 61.3 Å². The number of carbonyl (C=O) groups excluding carboxylic acids is 1. The lowest BCUT2D eigenvalue weighted by Crippen LogP contribution is -2.48. The number of nitrogens with zero attached hydrogens (tertiary/aromatic N) is 2. The first-order chi connectivity index (χ1) is 10.7. The van der Waals surface area contributed by atoms with Gasteiger partial charge < -0.3 is 10.0 Å². The highest BCUT2D eigenvalue weighted by Gasteiger charge is 2.32. The van der Waals surface area contributed by atoms with Crippen molar-refractivity contribution in [3.05, 3.63) is 29.8 Å². The topological polar surface area (TPSA) is 95.0 Å². The van der Waals surface area contributed by atoms with Gasteiger partial charge in [0.1, 0.15) is 6.04 Å². The van der Waals surface area contributed by atoms with Crippen molar-refractivity contribution in [1.29, 1.82) is 0 Å². The predicted molar refractivity (Wildman–Crippen MR) is 83.6 cm³/mol. The molecule has 1 aliphatic rings. The smallest absolute Gasteiger partial charge is 0.326 e. The standard InChI is InChI=1S/C15H20N2O5S/c1-16(2)23(21,22)12-7-5-6-11(10-12)14(18)17-9-4-3-8-13(17)15(19)20/h5-7,10,13H,3-4,8-9H2,1-2H3,(H,19,20)/t13-/m1/s1. The summed E-state index contributed by atoms with van der Waals surface area (Å²) in [4.78, 5) is 25.3. The fourth-order valence-electron chi connectivity index (χ4n) is 2.60. The van der Waals surface area contributed by atoms with Crippen molar-refractivity contribution < 1.29 is 23.1 Å². The van der Waals surface area contributed by atoms with E-state index in [1.807, 2.05) is 0 Å². The number of carbonyl (C=O) groups is 2. The van der Waals surface area contributed by atoms with Crippen molar-refractivity contribution in [1.82, 2.24) is 9.21 Å². The number of carboxylic acids is 1. The molecule has 1 aliphatic heterocycles. The largest absolute Gasteiger partial charge is 0.480 e. The Morgan fingerprint density at radius 3 is 2.57 bits per heavy atom. The van der Waals surface area contributed by atoms with Gasteiger partial charge in [-0.1, -0.05) is 6.07 Å². The molecule has 1 N–H and O–H groups in total. The lowest BCUT2D eigenvalue weighted by molar-refractivity contribution is -0.143. The van der Waals surface area contributed by atoms with Crippen LogP contribution in [0.25, 0.3) is 0 Å². The molecule has 1 amide bonds. The Kier molecular flexibility index (Phi) is 5.06. The Balaban J connectivity index is 2.35. The molecule has 1 saturated heterocycles. The van der Waals surface area contributed by atoms with Crippen LogP contribution in [0.2, 0.25) is 0 Å². The molecule has 0 radical (unpaired) electrons. The normalized spacial score (nSPS) is 18.9. The van der Waals surface area contributed by atoms with Crippen LogP contribution < -0.4 is 0 Å². The molecule has 1 aromatic carbocycles. The maximum absolute atomic E-state index is 12.6. The van der Waals surface area contributed by atoms with Crippen LogP contribution in [0.5, 0.6) is 0 Å². The van der Waals surface area contributed by atoms with E-state index in [2.05, 4.69) is 0 Å². The van der Waals surface area contributed by atoms with E-state index >= 15 is 0 Å². The average molecular weight is 340 g/mol. The number of rotatable bonds is 4. The van der Waals surface area contributed by atoms with Crippen LogP contribution in [0, 0.1) is 0 Å². The minimum absolute atomic E-state index is 0.0113. The molecular formula is C15H20N2O5S. The number of benzene rings is 1. The molecule has 2 rings (SSSR count). The quantitative estimate of drug-likeness (QED) is 0.883. The monoisotopic (exact) mass is 340 g/mol. The Labute approximate surface area is 135 Å². The zero-order valence-electron chi connectivity index (χ0n) is 13.1. The molecule has 0 unspecified atom stereocenters. The molecule has 0 spiro atoms. The molecular weight excluding hydrogens is 320 g/mol. The fraction of sp³-hybridized carbons (Fsp3) is 0.467. The van der Waals surface area contributed by atoms with E-state index in [1.54, 1.807) is 0 Å². The Morgan fingerprint density at radius 1 is 1.26 bits per heavy atom. The van der Waals surface area contributed by atoms with Gasteiger partial charge in [0.05, 0.1) is 4.90 Å². The molecule has 8 heteroatoms. The van der Waals surface area contributed by atoms with Gasteiger partial charge in [0.15, 0.2) is 0 Å². The van der Waals surface area contributed by atoms with E-state index in [9.17, 15) is 23.1 Å². The first kappa shape index (κ1) is 17.4. The molecule has 0 aliphatic carbocycles. The highest BCUT2D eigenvalue weighted by atomic mass is 32.2. The second kappa shape index (κ2) is 6.67. The van der Waals surface area contributed by atoms with Crippen molar-refractivity contribution >= 4 is 21.9 Å². The minimum atomic E-state index is -3.65. The molecule has 126 valence electrons. The predicted octanol–water partition coefficient (Wildman–Crippen LogP) is 1.02. The fourth-order valence-corrected chi connectivity index (χ4v) is 3.55. The second-order valence-corrected chi connectivity index (χ2v) is 7.82. The molecule has 7 nitrogen and oxygen atoms in total. The van der Waals surface area contributed by atoms with Gasteiger partial charge in [-0.25, -0.2) is 17.5 Å². The van der Waals surface area contributed by atoms with Crippen LogP contribution in [0.15, 0.2) is 29.2 Å². The van der Waals surface area contributed by atoms with Crippen LogP contribution in [0.3, 0.4) is 0 Å². The van der Waals surface area contributed by atoms with Gasteiger partial charge >= 0.3 is 5.97 Å². The van der Waals surface area contributed by atoms with Crippen molar-refractivity contribution in [2.45, 2.75) is 30.2 Å². The van der Waals surface area contributed by atoms with Crippen LogP contribution in [0.4, 0.5) is 0 Å². The molecule has 0 aromatic heterocycles. The maximum atomic E-state index is 12.6. The lowest BCUT2D eigenvalue weighted by atomic mass is 10.0. The number of piperidine rings is 1. The highest BCUT2D eigenvalue weighted by Crippen LogP contribution is 2.22. The summed E-state index contributed by atoms with van der Waals surface area (Å²) in [6.07, 6.45) is 1.91. The van der Waals surface area contributed by atoms with Crippen LogP contribution >= 0.6 is 0 Å². The molecule has 1 fully saturated rings. The summed E-state index contributed by atoms with van der Waals surface area (Å²) in [5, 5.41) is 9.26. The summed E-state index contributed by atoms with van der Waals surface area (Å²) in [7, 11) is -0.824. The highest BCUT2D eigenvalue weighted by molar-refractivity contribution is 7.89. The molecule has 0 bridgehead atoms. The SMILES string of the molecule is CN(C)S(=O)(=O)c1cccc(C(=O)N2CCCC[C@@H]2C(=O)O)c1. The third-order valence-electron chi connectivity index (χ3n) is 3.91. The van der Waals surface area contributed by atoms with E-state index in [0.29, 0.717) is 13.0 Å². The van der Waals surface area contributed by atoms with E-state index < -0.39 is 27.9 Å². The van der Waals surface area contributed by atoms with E-state index in [-0.39, 0.29) is 10.5 Å². The zero-order valence-corrected chi connectivity index (χ0v) is 13.9. The second-order valence-electron chi connectivity index (χ2n) is 5.66. The number of amides is 1. The van der Waals surface area contributed by atoms with Gasteiger partial charge in [0.25, 0.3) is 5.91 Å². The van der Waals surface area contributed by atoms with Gasteiger partial charge in [-0.3, -0.25) is 4.79 Å².